The Labute approximate surface area is 462 Å². The predicted octanol–water partition coefficient (Wildman–Crippen LogP) is -12.4. The predicted molar refractivity (Wildman–Crippen MR) is 214 cm³/mol. The average Bonchev–Trinajstić information content (AvgIpc) is 3.81. The molecule has 19 nitrogen and oxygen atoms in total. The summed E-state index contributed by atoms with van der Waals surface area (Å²) in [6, 6.07) is -3.47. The second kappa shape index (κ2) is 25.8. The molecular formula is C42H41N7Na4O12. The molecule has 0 saturated heterocycles. The van der Waals surface area contributed by atoms with E-state index < -0.39 is 66.2 Å². The third kappa shape index (κ3) is 14.4. The van der Waals surface area contributed by atoms with Gasteiger partial charge in [0, 0.05) is 54.6 Å². The topological polar surface area (TPSA) is 320 Å². The molecule has 3 atom stereocenters. The van der Waals surface area contributed by atoms with E-state index in [0.717, 1.165) is 6.20 Å². The van der Waals surface area contributed by atoms with E-state index in [2.05, 4.69) is 22.5 Å². The fraction of sp³-hybridized carbons (Fsp3) is 0.310. The number of hydrogen-bond donors (Lipinski definition) is 6. The second-order valence-electron chi connectivity index (χ2n) is 14.6. The summed E-state index contributed by atoms with van der Waals surface area (Å²) in [5, 5.41) is 74.5. The van der Waals surface area contributed by atoms with Gasteiger partial charge < -0.3 is 61.8 Å². The number of hydroxylamine groups is 1. The quantitative estimate of drug-likeness (QED) is 0.0583. The Morgan fingerprint density at radius 2 is 1.23 bits per heavy atom. The molecule has 0 radical (unpaired) electrons. The van der Waals surface area contributed by atoms with Crippen molar-refractivity contribution in [3.63, 3.8) is 0 Å². The summed E-state index contributed by atoms with van der Waals surface area (Å²) >= 11 is 0. The number of amides is 2. The molecule has 0 aromatic rings. The van der Waals surface area contributed by atoms with E-state index in [1.165, 1.54) is 13.0 Å². The number of hydrogen-bond acceptors (Lipinski definition) is 15. The van der Waals surface area contributed by atoms with Crippen LogP contribution < -0.4 is 155 Å². The average molecular weight is 928 g/mol. The molecule has 6 N–H and O–H groups in total. The van der Waals surface area contributed by atoms with Crippen LogP contribution in [0, 0.1) is 5.21 Å². The van der Waals surface area contributed by atoms with E-state index in [1.54, 1.807) is 49.7 Å². The number of carboxylic acid groups (broad SMARTS) is 4. The van der Waals surface area contributed by atoms with Crippen LogP contribution in [0.2, 0.25) is 0 Å². The van der Waals surface area contributed by atoms with Crippen LogP contribution in [-0.2, 0) is 28.8 Å². The third-order valence-corrected chi connectivity index (χ3v) is 10.5. The molecule has 1 unspecified atom stereocenters. The van der Waals surface area contributed by atoms with E-state index in [-0.39, 0.29) is 161 Å². The minimum absolute atomic E-state index is 0. The molecular weight excluding hydrogens is 886 g/mol. The van der Waals surface area contributed by atoms with Gasteiger partial charge in [0.25, 0.3) is 0 Å². The number of nitrogens with zero attached hydrogens (tertiary/aromatic N) is 3. The molecule has 0 aliphatic carbocycles. The van der Waals surface area contributed by atoms with Crippen molar-refractivity contribution in [3.8, 4) is 0 Å². The summed E-state index contributed by atoms with van der Waals surface area (Å²) in [5.41, 5.74) is 6.17. The van der Waals surface area contributed by atoms with Crippen LogP contribution in [0.25, 0.3) is 0 Å². The van der Waals surface area contributed by atoms with Crippen molar-refractivity contribution in [2.24, 2.45) is 15.0 Å². The third-order valence-electron chi connectivity index (χ3n) is 10.5. The maximum absolute atomic E-state index is 14.4. The Morgan fingerprint density at radius 1 is 0.738 bits per heavy atom. The van der Waals surface area contributed by atoms with Crippen LogP contribution in [0.3, 0.4) is 0 Å². The summed E-state index contributed by atoms with van der Waals surface area (Å²) < 4.78 is 0. The zero-order chi connectivity index (χ0) is 44.9. The van der Waals surface area contributed by atoms with Crippen LogP contribution in [0.4, 0.5) is 0 Å². The number of carboxylic acids is 4. The molecule has 5 aliphatic heterocycles. The molecule has 0 aromatic carbocycles. The fourth-order valence-corrected chi connectivity index (χ4v) is 7.18. The van der Waals surface area contributed by atoms with Gasteiger partial charge in [0.1, 0.15) is 12.1 Å². The molecule has 65 heavy (non-hydrogen) atoms. The van der Waals surface area contributed by atoms with Crippen molar-refractivity contribution in [3.05, 3.63) is 122 Å². The molecule has 2 amide bonds. The molecule has 0 spiro atoms. The molecule has 5 aliphatic rings. The van der Waals surface area contributed by atoms with Crippen molar-refractivity contribution >= 4 is 52.8 Å². The standard InChI is InChI=1S/C42H43N7O12.4Na/c1-6-22-19(2)26-13-27-20(3)23(7-9-36(50)48-33(40(56)57)17-38(52)53)29(44-27)15-30-24(8-10-37(51)49-34(41(58)59)18-39(54)55)21(4)28(45-30)14-32-25(11-12-43-61)42(5,60)35(47-32)16-31(22)46-26;;;;/h6,11-16,33-34,43,47H,1,7-10,17-18H2,2-5H3,(H,48,50)(H,49,51)(H,52,53)(H,54,55)(H,56,57)(H,58,59);;;;/q-2;4*+1/p-2/b12-11+,26-13?,28-14?,29-15?,35-16?;;;;/t33-,34-,42?;;;;/m0..../s1. The Bertz CT molecular complexity index is 2430. The minimum Gasteiger partial charge on any atom is -0.842 e. The largest absolute Gasteiger partial charge is 1.00 e. The van der Waals surface area contributed by atoms with E-state index in [1.807, 2.05) is 6.92 Å². The van der Waals surface area contributed by atoms with E-state index in [4.69, 9.17) is 15.0 Å². The van der Waals surface area contributed by atoms with Gasteiger partial charge in [-0.3, -0.25) is 9.59 Å². The van der Waals surface area contributed by atoms with Gasteiger partial charge in [-0.25, -0.2) is 24.6 Å². The first-order valence-corrected chi connectivity index (χ1v) is 18.8. The SMILES string of the molecule is C=CC1=C(C)C2=CC3=NC(=CC4=NC(=CC5=C(/C=C/N[O-])C(C)([O-])C(=CC1=N2)N5)C(C)=C4CCC(=O)N[C@@H](CC(=O)[O-])C(=O)O)C(CCC(=O)N[C@@H](CC(=O)[O-])C(=O)O)=C3C.[Na+].[Na+].[Na+].[Na+]. The Morgan fingerprint density at radius 3 is 1.74 bits per heavy atom. The first-order valence-electron chi connectivity index (χ1n) is 18.8. The molecule has 5 heterocycles. The molecule has 320 valence electrons. The summed E-state index contributed by atoms with van der Waals surface area (Å²) in [6.45, 7) is 10.6. The number of nitrogens with one attached hydrogen (secondary N) is 4. The van der Waals surface area contributed by atoms with Gasteiger partial charge in [-0.05, 0) is 109 Å². The van der Waals surface area contributed by atoms with Crippen molar-refractivity contribution < 1.29 is 173 Å². The van der Waals surface area contributed by atoms with E-state index >= 15 is 0 Å². The number of aliphatic imine (C=N–C) groups is 3. The van der Waals surface area contributed by atoms with Crippen molar-refractivity contribution in [1.82, 2.24) is 21.4 Å². The molecule has 23 heteroatoms. The molecule has 0 fully saturated rings. The van der Waals surface area contributed by atoms with E-state index in [0.29, 0.717) is 67.7 Å². The van der Waals surface area contributed by atoms with Crippen LogP contribution in [-0.4, -0.2) is 80.7 Å². The van der Waals surface area contributed by atoms with Gasteiger partial charge in [0.15, 0.2) is 0 Å². The molecule has 8 bridgehead atoms. The van der Waals surface area contributed by atoms with Crippen LogP contribution in [0.15, 0.2) is 132 Å². The van der Waals surface area contributed by atoms with Gasteiger partial charge >= 0.3 is 130 Å². The van der Waals surface area contributed by atoms with Gasteiger partial charge in [0.05, 0.1) is 34.2 Å². The number of aliphatic carboxylic acids is 4. The zero-order valence-electron chi connectivity index (χ0n) is 37.5. The van der Waals surface area contributed by atoms with Crippen LogP contribution in [0.1, 0.15) is 66.2 Å². The maximum atomic E-state index is 14.4. The number of allylic oxidation sites excluding steroid dienone is 11. The Hall–Kier alpha value is -3.25. The normalized spacial score (nSPS) is 19.3. The van der Waals surface area contributed by atoms with Crippen LogP contribution >= 0.6 is 0 Å². The van der Waals surface area contributed by atoms with Crippen molar-refractivity contribution in [2.75, 3.05) is 0 Å². The van der Waals surface area contributed by atoms with Gasteiger partial charge in [-0.15, -0.1) is 0 Å². The molecule has 0 aromatic heterocycles. The van der Waals surface area contributed by atoms with Gasteiger partial charge in [-0.2, -0.15) is 0 Å². The fourth-order valence-electron chi connectivity index (χ4n) is 7.18. The maximum Gasteiger partial charge on any atom is 1.00 e. The first kappa shape index (κ1) is 59.8. The van der Waals surface area contributed by atoms with E-state index in [9.17, 15) is 59.5 Å². The number of rotatable bonds is 17. The summed E-state index contributed by atoms with van der Waals surface area (Å²) in [5.74, 6) is -8.00. The summed E-state index contributed by atoms with van der Waals surface area (Å²) in [7, 11) is 0. The Kier molecular flexibility index (Phi) is 23.7. The van der Waals surface area contributed by atoms with Crippen LogP contribution in [0.5, 0.6) is 0 Å². The summed E-state index contributed by atoms with van der Waals surface area (Å²) in [4.78, 5) is 86.1. The second-order valence-corrected chi connectivity index (χ2v) is 14.6. The van der Waals surface area contributed by atoms with Gasteiger partial charge in [0.2, 0.25) is 11.8 Å². The zero-order valence-corrected chi connectivity index (χ0v) is 45.5. The number of carbonyl (C=O) groups is 6. The molecule has 0 saturated carbocycles. The van der Waals surface area contributed by atoms with Crippen molar-refractivity contribution in [2.45, 2.75) is 83.9 Å². The smallest absolute Gasteiger partial charge is 0.842 e. The molecule has 5 rings (SSSR count). The number of fused-ring (bicyclic) bond motifs is 5. The minimum atomic E-state index is -1.93. The monoisotopic (exact) mass is 927 g/mol. The van der Waals surface area contributed by atoms with Crippen molar-refractivity contribution in [1.29, 1.82) is 0 Å². The summed E-state index contributed by atoms with van der Waals surface area (Å²) in [6.07, 6.45) is 7.95. The Balaban J connectivity index is 0.00000528. The van der Waals surface area contributed by atoms with Gasteiger partial charge in [-0.1, -0.05) is 19.6 Å². The first-order chi connectivity index (χ1) is 28.7. The number of carbonyl (C=O) groups excluding carboxylic acids is 4.